The van der Waals surface area contributed by atoms with Crippen LogP contribution < -0.4 is 4.90 Å². The maximum absolute atomic E-state index is 2.43. The zero-order valence-electron chi connectivity index (χ0n) is 37.0. The predicted octanol–water partition coefficient (Wildman–Crippen LogP) is 17.1. The molecule has 0 spiro atoms. The highest BCUT2D eigenvalue weighted by Gasteiger charge is 2.38. The molecule has 1 aromatic heterocycles. The Morgan fingerprint density at radius 1 is 0.284 bits per heavy atom. The van der Waals surface area contributed by atoms with Crippen LogP contribution in [0.3, 0.4) is 0 Å². The first-order valence-electron chi connectivity index (χ1n) is 23.1. The van der Waals surface area contributed by atoms with E-state index in [0.717, 1.165) is 28.3 Å². The van der Waals surface area contributed by atoms with E-state index in [1.54, 1.807) is 0 Å². The second-order valence-corrected chi connectivity index (χ2v) is 17.3. The molecule has 11 aromatic carbocycles. The van der Waals surface area contributed by atoms with Crippen LogP contribution in [0.1, 0.15) is 22.3 Å². The van der Waals surface area contributed by atoms with Crippen molar-refractivity contribution >= 4 is 49.6 Å². The Morgan fingerprint density at radius 2 is 0.731 bits per heavy atom. The highest BCUT2D eigenvalue weighted by atomic mass is 15.1. The predicted molar refractivity (Wildman–Crippen MR) is 282 cm³/mol. The number of benzene rings is 11. The minimum atomic E-state index is -0.578. The summed E-state index contributed by atoms with van der Waals surface area (Å²) in [6.45, 7) is 0. The molecule has 0 fully saturated rings. The molecule has 0 aliphatic carbocycles. The van der Waals surface area contributed by atoms with E-state index < -0.39 is 5.41 Å². The SMILES string of the molecule is c1ccc(-c2ccc(N(c3ccc(-c4ccc(-n5c6ccccc6c6ccc7ccccc7c65)cc4)cc3)c3cccc(C(c4ccccc4)(c4ccccc4)c4ccccc4)c3)cc2)cc1. The van der Waals surface area contributed by atoms with Gasteiger partial charge in [0.1, 0.15) is 0 Å². The molecule has 12 aromatic rings. The van der Waals surface area contributed by atoms with Gasteiger partial charge in [-0.05, 0) is 104 Å². The summed E-state index contributed by atoms with van der Waals surface area (Å²) in [7, 11) is 0. The molecular formula is C65H46N2. The summed E-state index contributed by atoms with van der Waals surface area (Å²) in [5, 5.41) is 5.03. The molecule has 0 bridgehead atoms. The second-order valence-electron chi connectivity index (χ2n) is 17.3. The number of para-hydroxylation sites is 1. The maximum Gasteiger partial charge on any atom is 0.0702 e. The van der Waals surface area contributed by atoms with Crippen molar-refractivity contribution in [3.8, 4) is 27.9 Å². The molecule has 12 rings (SSSR count). The van der Waals surface area contributed by atoms with Gasteiger partial charge >= 0.3 is 0 Å². The minimum absolute atomic E-state index is 0.578. The van der Waals surface area contributed by atoms with Gasteiger partial charge in [-0.15, -0.1) is 0 Å². The molecule has 0 amide bonds. The monoisotopic (exact) mass is 854 g/mol. The van der Waals surface area contributed by atoms with Crippen LogP contribution in [-0.2, 0) is 5.41 Å². The van der Waals surface area contributed by atoms with Gasteiger partial charge < -0.3 is 9.47 Å². The van der Waals surface area contributed by atoms with Crippen LogP contribution in [0.2, 0.25) is 0 Å². The number of rotatable bonds is 10. The number of hydrogen-bond acceptors (Lipinski definition) is 1. The third-order valence-electron chi connectivity index (χ3n) is 13.5. The summed E-state index contributed by atoms with van der Waals surface area (Å²) in [5.74, 6) is 0. The number of fused-ring (bicyclic) bond motifs is 5. The first-order valence-corrected chi connectivity index (χ1v) is 23.1. The summed E-state index contributed by atoms with van der Waals surface area (Å²) in [6.07, 6.45) is 0. The van der Waals surface area contributed by atoms with E-state index in [0.29, 0.717) is 0 Å². The molecule has 0 aliphatic rings. The third kappa shape index (κ3) is 6.99. The van der Waals surface area contributed by atoms with E-state index in [1.807, 2.05) is 0 Å². The summed E-state index contributed by atoms with van der Waals surface area (Å²) in [4.78, 5) is 2.39. The average Bonchev–Trinajstić information content (AvgIpc) is 3.76. The highest BCUT2D eigenvalue weighted by Crippen LogP contribution is 2.47. The maximum atomic E-state index is 2.43. The van der Waals surface area contributed by atoms with Crippen molar-refractivity contribution in [3.63, 3.8) is 0 Å². The van der Waals surface area contributed by atoms with Gasteiger partial charge in [0.25, 0.3) is 0 Å². The molecule has 2 nitrogen and oxygen atoms in total. The Kier molecular flexibility index (Phi) is 10.1. The van der Waals surface area contributed by atoms with E-state index in [2.05, 4.69) is 289 Å². The van der Waals surface area contributed by atoms with Crippen molar-refractivity contribution in [2.45, 2.75) is 5.41 Å². The van der Waals surface area contributed by atoms with Gasteiger partial charge in [-0.2, -0.15) is 0 Å². The second kappa shape index (κ2) is 17.0. The highest BCUT2D eigenvalue weighted by molar-refractivity contribution is 6.18. The van der Waals surface area contributed by atoms with Crippen molar-refractivity contribution in [2.24, 2.45) is 0 Å². The number of anilines is 3. The number of aromatic nitrogens is 1. The fourth-order valence-electron chi connectivity index (χ4n) is 10.4. The lowest BCUT2D eigenvalue weighted by atomic mass is 9.65. The largest absolute Gasteiger partial charge is 0.310 e. The summed E-state index contributed by atoms with van der Waals surface area (Å²) < 4.78 is 2.43. The van der Waals surface area contributed by atoms with Gasteiger partial charge in [-0.1, -0.05) is 224 Å². The van der Waals surface area contributed by atoms with Gasteiger partial charge in [0.05, 0.1) is 16.4 Å². The fourth-order valence-corrected chi connectivity index (χ4v) is 10.4. The summed E-state index contributed by atoms with van der Waals surface area (Å²) in [5.41, 5.74) is 15.8. The smallest absolute Gasteiger partial charge is 0.0702 e. The van der Waals surface area contributed by atoms with Gasteiger partial charge in [0, 0.05) is 38.9 Å². The third-order valence-corrected chi connectivity index (χ3v) is 13.5. The molecule has 0 saturated carbocycles. The van der Waals surface area contributed by atoms with E-state index in [4.69, 9.17) is 0 Å². The molecule has 1 heterocycles. The number of nitrogens with zero attached hydrogens (tertiary/aromatic N) is 2. The normalized spacial score (nSPS) is 11.6. The Bertz CT molecular complexity index is 3540. The van der Waals surface area contributed by atoms with Crippen LogP contribution in [0.5, 0.6) is 0 Å². The van der Waals surface area contributed by atoms with Crippen molar-refractivity contribution < 1.29 is 0 Å². The molecule has 0 N–H and O–H groups in total. The molecule has 67 heavy (non-hydrogen) atoms. The number of hydrogen-bond donors (Lipinski definition) is 0. The van der Waals surface area contributed by atoms with Crippen LogP contribution in [0, 0.1) is 0 Å². The average molecular weight is 855 g/mol. The van der Waals surface area contributed by atoms with Crippen molar-refractivity contribution in [1.82, 2.24) is 4.57 Å². The first-order chi connectivity index (χ1) is 33.2. The lowest BCUT2D eigenvalue weighted by molar-refractivity contribution is 0.745. The standard InChI is InChI=1S/C65H46N2/c1-5-18-47(19-6-1)48-32-39-56(40-33-48)66(59-28-17-27-55(46-59)65(52-21-7-2-8-22-52,53-23-9-3-10-24-53)54-25-11-4-12-26-54)57-41-34-49(35-42-57)50-36-43-58(44-37-50)67-63-31-16-15-30-61(63)62-45-38-51-20-13-14-29-60(51)64(62)67/h1-46H. The molecule has 2 heteroatoms. The summed E-state index contributed by atoms with van der Waals surface area (Å²) >= 11 is 0. The lowest BCUT2D eigenvalue weighted by Crippen LogP contribution is -2.31. The zero-order chi connectivity index (χ0) is 44.6. The van der Waals surface area contributed by atoms with Crippen molar-refractivity contribution in [1.29, 1.82) is 0 Å². The van der Waals surface area contributed by atoms with Crippen LogP contribution in [0.15, 0.2) is 279 Å². The molecular weight excluding hydrogens is 809 g/mol. The van der Waals surface area contributed by atoms with Gasteiger partial charge in [-0.3, -0.25) is 0 Å². The summed E-state index contributed by atoms with van der Waals surface area (Å²) in [6, 6.07) is 102. The van der Waals surface area contributed by atoms with Crippen LogP contribution >= 0.6 is 0 Å². The van der Waals surface area contributed by atoms with Crippen molar-refractivity contribution in [2.75, 3.05) is 4.90 Å². The van der Waals surface area contributed by atoms with E-state index in [9.17, 15) is 0 Å². The Balaban J connectivity index is 0.969. The molecule has 0 aliphatic heterocycles. The lowest BCUT2D eigenvalue weighted by Gasteiger charge is -2.37. The molecule has 0 radical (unpaired) electrons. The van der Waals surface area contributed by atoms with Crippen LogP contribution in [-0.4, -0.2) is 4.57 Å². The Morgan fingerprint density at radius 3 is 1.30 bits per heavy atom. The van der Waals surface area contributed by atoms with E-state index >= 15 is 0 Å². The van der Waals surface area contributed by atoms with E-state index in [-0.39, 0.29) is 0 Å². The van der Waals surface area contributed by atoms with Gasteiger partial charge in [0.15, 0.2) is 0 Å². The van der Waals surface area contributed by atoms with E-state index in [1.165, 1.54) is 71.5 Å². The van der Waals surface area contributed by atoms with Crippen molar-refractivity contribution in [3.05, 3.63) is 301 Å². The van der Waals surface area contributed by atoms with Crippen LogP contribution in [0.25, 0.3) is 60.5 Å². The fraction of sp³-hybridized carbons (Fsp3) is 0.0154. The molecule has 316 valence electrons. The topological polar surface area (TPSA) is 8.17 Å². The van der Waals surface area contributed by atoms with Crippen LogP contribution in [0.4, 0.5) is 17.1 Å². The Labute approximate surface area is 391 Å². The zero-order valence-corrected chi connectivity index (χ0v) is 37.0. The Hall–Kier alpha value is -8.72. The molecule has 0 atom stereocenters. The molecule has 0 unspecified atom stereocenters. The quantitative estimate of drug-likeness (QED) is 0.124. The van der Waals surface area contributed by atoms with Gasteiger partial charge in [0.2, 0.25) is 0 Å². The first kappa shape index (κ1) is 39.8. The minimum Gasteiger partial charge on any atom is -0.310 e. The van der Waals surface area contributed by atoms with Gasteiger partial charge in [-0.25, -0.2) is 0 Å². The molecule has 0 saturated heterocycles.